The molecule has 31 heavy (non-hydrogen) atoms. The molecule has 0 spiro atoms. The van der Waals surface area contributed by atoms with Crippen LogP contribution in [0.5, 0.6) is 0 Å². The highest BCUT2D eigenvalue weighted by atomic mass is 32.2. The van der Waals surface area contributed by atoms with Crippen molar-refractivity contribution in [1.29, 1.82) is 0 Å². The van der Waals surface area contributed by atoms with E-state index < -0.39 is 10.0 Å². The molecule has 0 aliphatic rings. The number of aryl methyl sites for hydroxylation is 1. The molecule has 0 bridgehead atoms. The normalized spacial score (nSPS) is 11.5. The van der Waals surface area contributed by atoms with Gasteiger partial charge in [0.15, 0.2) is 5.78 Å². The minimum Gasteiger partial charge on any atom is -0.293 e. The molecule has 0 aliphatic heterocycles. The molecule has 4 aromatic rings. The summed E-state index contributed by atoms with van der Waals surface area (Å²) in [4.78, 5) is 23.8. The standard InChI is InChI=1S/C22H19N3O3S3/c1-14-23-21(18-12-20(30-22(18)24-14)16-6-4-3-5-7-16)29-13-19(26)15-8-10-17(11-9-15)25-31(2,27)28/h3-12,25H,13H2,1-2H3. The number of ketones is 1. The van der Waals surface area contributed by atoms with Crippen molar-refractivity contribution >= 4 is 54.8 Å². The van der Waals surface area contributed by atoms with Crippen LogP contribution < -0.4 is 4.72 Å². The Morgan fingerprint density at radius 2 is 1.77 bits per heavy atom. The first-order valence-electron chi connectivity index (χ1n) is 9.36. The van der Waals surface area contributed by atoms with E-state index >= 15 is 0 Å². The molecule has 1 N–H and O–H groups in total. The summed E-state index contributed by atoms with van der Waals surface area (Å²) in [5.41, 5.74) is 2.06. The minimum absolute atomic E-state index is 0.0566. The second-order valence-electron chi connectivity index (χ2n) is 6.93. The number of Topliss-reactive ketones (excluding diaryl/α,β-unsaturated/α-hetero) is 1. The van der Waals surface area contributed by atoms with Crippen molar-refractivity contribution in [3.05, 3.63) is 72.1 Å². The molecule has 2 aromatic heterocycles. The molecule has 0 unspecified atom stereocenters. The maximum atomic E-state index is 12.7. The molecule has 2 aromatic carbocycles. The van der Waals surface area contributed by atoms with Crippen LogP contribution >= 0.6 is 23.1 Å². The molecule has 4 rings (SSSR count). The molecule has 0 atom stereocenters. The fourth-order valence-corrected chi connectivity index (χ4v) is 5.66. The number of anilines is 1. The number of thiophene rings is 1. The molecule has 0 saturated carbocycles. The van der Waals surface area contributed by atoms with Crippen LogP contribution in [-0.4, -0.2) is 36.2 Å². The molecule has 0 fully saturated rings. The van der Waals surface area contributed by atoms with E-state index in [2.05, 4.69) is 32.9 Å². The van der Waals surface area contributed by atoms with E-state index in [1.165, 1.54) is 11.8 Å². The van der Waals surface area contributed by atoms with Crippen LogP contribution in [0.25, 0.3) is 20.7 Å². The molecule has 0 aliphatic carbocycles. The van der Waals surface area contributed by atoms with Gasteiger partial charge in [0.1, 0.15) is 15.7 Å². The Morgan fingerprint density at radius 1 is 1.06 bits per heavy atom. The van der Waals surface area contributed by atoms with Crippen LogP contribution in [0.4, 0.5) is 5.69 Å². The van der Waals surface area contributed by atoms with Gasteiger partial charge in [0, 0.05) is 21.5 Å². The zero-order valence-corrected chi connectivity index (χ0v) is 19.3. The number of carbonyl (C=O) groups excluding carboxylic acids is 1. The summed E-state index contributed by atoms with van der Waals surface area (Å²) in [6, 6.07) is 18.6. The SMILES string of the molecule is Cc1nc(SCC(=O)c2ccc(NS(C)(=O)=O)cc2)c2cc(-c3ccccc3)sc2n1. The lowest BCUT2D eigenvalue weighted by Gasteiger charge is -2.06. The first kappa shape index (κ1) is 21.5. The Hall–Kier alpha value is -2.75. The van der Waals surface area contributed by atoms with Crippen LogP contribution in [-0.2, 0) is 10.0 Å². The number of sulfonamides is 1. The van der Waals surface area contributed by atoms with Gasteiger partial charge >= 0.3 is 0 Å². The monoisotopic (exact) mass is 469 g/mol. The van der Waals surface area contributed by atoms with E-state index in [4.69, 9.17) is 0 Å². The summed E-state index contributed by atoms with van der Waals surface area (Å²) in [5.74, 6) is 0.833. The number of benzene rings is 2. The van der Waals surface area contributed by atoms with Gasteiger partial charge in [0.2, 0.25) is 10.0 Å². The van der Waals surface area contributed by atoms with Crippen molar-refractivity contribution in [2.24, 2.45) is 0 Å². The highest BCUT2D eigenvalue weighted by Crippen LogP contribution is 2.36. The summed E-state index contributed by atoms with van der Waals surface area (Å²) >= 11 is 2.99. The van der Waals surface area contributed by atoms with Crippen LogP contribution in [0, 0.1) is 6.92 Å². The maximum absolute atomic E-state index is 12.7. The summed E-state index contributed by atoms with van der Waals surface area (Å²) in [5, 5.41) is 1.73. The fraction of sp³-hybridized carbons (Fsp3) is 0.136. The minimum atomic E-state index is -3.35. The van der Waals surface area contributed by atoms with Crippen molar-refractivity contribution in [3.63, 3.8) is 0 Å². The van der Waals surface area contributed by atoms with Crippen LogP contribution in [0.1, 0.15) is 16.2 Å². The van der Waals surface area contributed by atoms with Gasteiger partial charge in [-0.3, -0.25) is 9.52 Å². The number of carbonyl (C=O) groups is 1. The average Bonchev–Trinajstić information content (AvgIpc) is 3.16. The van der Waals surface area contributed by atoms with Crippen molar-refractivity contribution in [2.75, 3.05) is 16.7 Å². The smallest absolute Gasteiger partial charge is 0.229 e. The number of rotatable bonds is 7. The summed E-state index contributed by atoms with van der Waals surface area (Å²) in [6.45, 7) is 1.85. The molecule has 9 heteroatoms. The van der Waals surface area contributed by atoms with Gasteiger partial charge < -0.3 is 0 Å². The van der Waals surface area contributed by atoms with Crippen LogP contribution in [0.2, 0.25) is 0 Å². The highest BCUT2D eigenvalue weighted by molar-refractivity contribution is 8.00. The van der Waals surface area contributed by atoms with Gasteiger partial charge in [-0.2, -0.15) is 0 Å². The summed E-state index contributed by atoms with van der Waals surface area (Å²) in [7, 11) is -3.35. The number of thioether (sulfide) groups is 1. The van der Waals surface area contributed by atoms with Crippen molar-refractivity contribution in [2.45, 2.75) is 11.9 Å². The van der Waals surface area contributed by atoms with Gasteiger partial charge in [-0.1, -0.05) is 42.1 Å². The Balaban J connectivity index is 1.53. The van der Waals surface area contributed by atoms with E-state index in [1.54, 1.807) is 35.6 Å². The quantitative estimate of drug-likeness (QED) is 0.232. The zero-order chi connectivity index (χ0) is 22.0. The van der Waals surface area contributed by atoms with Crippen LogP contribution in [0.3, 0.4) is 0 Å². The average molecular weight is 470 g/mol. The number of nitrogens with one attached hydrogen (secondary N) is 1. The predicted molar refractivity (Wildman–Crippen MR) is 128 cm³/mol. The maximum Gasteiger partial charge on any atom is 0.229 e. The molecule has 158 valence electrons. The number of nitrogens with zero attached hydrogens (tertiary/aromatic N) is 2. The topological polar surface area (TPSA) is 89.0 Å². The van der Waals surface area contributed by atoms with E-state index in [1.807, 2.05) is 25.1 Å². The summed E-state index contributed by atoms with van der Waals surface area (Å²) in [6.07, 6.45) is 1.08. The Bertz CT molecular complexity index is 1350. The summed E-state index contributed by atoms with van der Waals surface area (Å²) < 4.78 is 25.0. The van der Waals surface area contributed by atoms with Gasteiger partial charge in [0.05, 0.1) is 12.0 Å². The number of aromatic nitrogens is 2. The first-order valence-corrected chi connectivity index (χ1v) is 13.1. The molecular weight excluding hydrogens is 450 g/mol. The number of hydrogen-bond acceptors (Lipinski definition) is 7. The van der Waals surface area contributed by atoms with E-state index in [9.17, 15) is 13.2 Å². The van der Waals surface area contributed by atoms with Crippen molar-refractivity contribution in [3.8, 4) is 10.4 Å². The Morgan fingerprint density at radius 3 is 2.45 bits per heavy atom. The third kappa shape index (κ3) is 5.30. The Labute approximate surface area is 188 Å². The van der Waals surface area contributed by atoms with Crippen molar-refractivity contribution in [1.82, 2.24) is 9.97 Å². The lowest BCUT2D eigenvalue weighted by atomic mass is 10.1. The Kier molecular flexibility index (Phi) is 6.08. The van der Waals surface area contributed by atoms with Gasteiger partial charge in [0.25, 0.3) is 0 Å². The largest absolute Gasteiger partial charge is 0.293 e. The molecule has 2 heterocycles. The molecule has 0 radical (unpaired) electrons. The van der Waals surface area contributed by atoms with E-state index in [-0.39, 0.29) is 11.5 Å². The zero-order valence-electron chi connectivity index (χ0n) is 16.8. The molecule has 0 amide bonds. The number of hydrogen-bond donors (Lipinski definition) is 1. The lowest BCUT2D eigenvalue weighted by Crippen LogP contribution is -2.10. The fourth-order valence-electron chi connectivity index (χ4n) is 3.01. The van der Waals surface area contributed by atoms with E-state index in [0.717, 1.165) is 31.9 Å². The first-order chi connectivity index (χ1) is 14.8. The third-order valence-corrected chi connectivity index (χ3v) is 7.05. The predicted octanol–water partition coefficient (Wildman–Crippen LogP) is 5.01. The third-order valence-electron chi connectivity index (χ3n) is 4.38. The van der Waals surface area contributed by atoms with E-state index in [0.29, 0.717) is 17.1 Å². The lowest BCUT2D eigenvalue weighted by molar-refractivity contribution is 0.102. The molecular formula is C22H19N3O3S3. The van der Waals surface area contributed by atoms with Gasteiger partial charge in [-0.25, -0.2) is 18.4 Å². The van der Waals surface area contributed by atoms with Crippen LogP contribution in [0.15, 0.2) is 65.7 Å². The van der Waals surface area contributed by atoms with Gasteiger partial charge in [-0.05, 0) is 42.8 Å². The number of fused-ring (bicyclic) bond motifs is 1. The second kappa shape index (κ2) is 8.78. The second-order valence-corrected chi connectivity index (χ2v) is 10.7. The van der Waals surface area contributed by atoms with Crippen molar-refractivity contribution < 1.29 is 13.2 Å². The molecule has 0 saturated heterocycles. The van der Waals surface area contributed by atoms with Gasteiger partial charge in [-0.15, -0.1) is 11.3 Å². The highest BCUT2D eigenvalue weighted by Gasteiger charge is 2.14. The molecule has 6 nitrogen and oxygen atoms in total.